The van der Waals surface area contributed by atoms with Crippen molar-refractivity contribution in [2.75, 3.05) is 0 Å². The van der Waals surface area contributed by atoms with Gasteiger partial charge in [0.15, 0.2) is 0 Å². The molecule has 1 amide bonds. The highest BCUT2D eigenvalue weighted by Gasteiger charge is 2.33. The van der Waals surface area contributed by atoms with Crippen LogP contribution in [0.3, 0.4) is 0 Å². The summed E-state index contributed by atoms with van der Waals surface area (Å²) in [6.45, 7) is 3.93. The third kappa shape index (κ3) is 2.84. The molecule has 1 aliphatic rings. The van der Waals surface area contributed by atoms with Crippen LogP contribution in [0.1, 0.15) is 19.4 Å². The Bertz CT molecular complexity index is 540. The summed E-state index contributed by atoms with van der Waals surface area (Å²) >= 11 is 10.0. The van der Waals surface area contributed by atoms with E-state index in [1.807, 2.05) is 44.2 Å². The van der Waals surface area contributed by atoms with E-state index >= 15 is 0 Å². The molecule has 0 atom stereocenters. The fraction of sp³-hybridized carbons (Fsp3) is 0.231. The van der Waals surface area contributed by atoms with Crippen molar-refractivity contribution in [1.82, 2.24) is 4.90 Å². The highest BCUT2D eigenvalue weighted by Crippen LogP contribution is 2.33. The number of nitrogens with zero attached hydrogens (tertiary/aromatic N) is 1. The van der Waals surface area contributed by atoms with E-state index in [1.165, 1.54) is 11.8 Å². The van der Waals surface area contributed by atoms with Crippen LogP contribution >= 0.6 is 39.9 Å². The second-order valence-electron chi connectivity index (χ2n) is 4.20. The minimum absolute atomic E-state index is 0.0000227. The first kappa shape index (κ1) is 13.8. The van der Waals surface area contributed by atoms with Crippen LogP contribution in [-0.4, -0.2) is 21.2 Å². The van der Waals surface area contributed by atoms with Crippen molar-refractivity contribution in [2.45, 2.75) is 19.9 Å². The van der Waals surface area contributed by atoms with Gasteiger partial charge in [-0.3, -0.25) is 9.69 Å². The van der Waals surface area contributed by atoms with Gasteiger partial charge in [0.1, 0.15) is 4.32 Å². The third-order valence-corrected chi connectivity index (χ3v) is 4.31. The van der Waals surface area contributed by atoms with E-state index in [-0.39, 0.29) is 11.9 Å². The van der Waals surface area contributed by atoms with E-state index in [0.717, 1.165) is 10.0 Å². The monoisotopic (exact) mass is 341 g/mol. The molecule has 1 aliphatic heterocycles. The predicted octanol–water partition coefficient (Wildman–Crippen LogP) is 4.06. The molecule has 18 heavy (non-hydrogen) atoms. The first-order chi connectivity index (χ1) is 8.49. The molecule has 0 aromatic heterocycles. The molecule has 0 saturated carbocycles. The zero-order valence-corrected chi connectivity index (χ0v) is 13.2. The van der Waals surface area contributed by atoms with Gasteiger partial charge in [-0.15, -0.1) is 0 Å². The number of rotatable bonds is 2. The summed E-state index contributed by atoms with van der Waals surface area (Å²) in [4.78, 5) is 14.5. The molecule has 2 nitrogen and oxygen atoms in total. The Hall–Kier alpha value is -0.650. The zero-order valence-electron chi connectivity index (χ0n) is 10.0. The van der Waals surface area contributed by atoms with Crippen LogP contribution in [-0.2, 0) is 4.79 Å². The number of benzene rings is 1. The summed E-state index contributed by atoms with van der Waals surface area (Å²) in [6, 6.07) is 7.94. The summed E-state index contributed by atoms with van der Waals surface area (Å²) in [5.74, 6) is -0.0000227. The minimum atomic E-state index is -0.0000227. The summed E-state index contributed by atoms with van der Waals surface area (Å²) in [5, 5.41) is 0. The molecular formula is C13H12BrNOS2. The second kappa shape index (κ2) is 5.55. The van der Waals surface area contributed by atoms with Crippen molar-refractivity contribution in [1.29, 1.82) is 0 Å². The standard InChI is InChI=1S/C13H12BrNOS2/c1-8(2)15-12(16)11(18-13(15)17)7-9-4-3-5-10(14)6-9/h3-8H,1-2H3. The molecule has 0 spiro atoms. The van der Waals surface area contributed by atoms with Crippen LogP contribution in [0.2, 0.25) is 0 Å². The van der Waals surface area contributed by atoms with E-state index < -0.39 is 0 Å². The van der Waals surface area contributed by atoms with Gasteiger partial charge in [-0.2, -0.15) is 0 Å². The summed E-state index contributed by atoms with van der Waals surface area (Å²) in [7, 11) is 0. The van der Waals surface area contributed by atoms with Gasteiger partial charge in [0, 0.05) is 10.5 Å². The SMILES string of the molecule is CC(C)N1C(=O)C(=Cc2cccc(Br)c2)SC1=S. The van der Waals surface area contributed by atoms with Crippen molar-refractivity contribution in [3.8, 4) is 0 Å². The highest BCUT2D eigenvalue weighted by atomic mass is 79.9. The first-order valence-corrected chi connectivity index (χ1v) is 7.53. The van der Waals surface area contributed by atoms with Crippen LogP contribution in [0.4, 0.5) is 0 Å². The fourth-order valence-electron chi connectivity index (χ4n) is 1.67. The van der Waals surface area contributed by atoms with Crippen molar-refractivity contribution in [2.24, 2.45) is 0 Å². The Kier molecular flexibility index (Phi) is 4.25. The fourth-order valence-corrected chi connectivity index (χ4v) is 3.61. The van der Waals surface area contributed by atoms with Crippen molar-refractivity contribution in [3.63, 3.8) is 0 Å². The molecule has 1 saturated heterocycles. The van der Waals surface area contributed by atoms with Crippen LogP contribution in [0.5, 0.6) is 0 Å². The van der Waals surface area contributed by atoms with E-state index in [0.29, 0.717) is 9.23 Å². The van der Waals surface area contributed by atoms with E-state index in [4.69, 9.17) is 12.2 Å². The van der Waals surface area contributed by atoms with Gasteiger partial charge in [0.2, 0.25) is 0 Å². The topological polar surface area (TPSA) is 20.3 Å². The largest absolute Gasteiger partial charge is 0.290 e. The van der Waals surface area contributed by atoms with Gasteiger partial charge in [-0.1, -0.05) is 52.0 Å². The quantitative estimate of drug-likeness (QED) is 0.597. The molecule has 0 bridgehead atoms. The van der Waals surface area contributed by atoms with Crippen LogP contribution < -0.4 is 0 Å². The van der Waals surface area contributed by atoms with E-state index in [1.54, 1.807) is 4.90 Å². The molecule has 2 rings (SSSR count). The normalized spacial score (nSPS) is 18.2. The molecule has 94 valence electrons. The van der Waals surface area contributed by atoms with Gasteiger partial charge < -0.3 is 0 Å². The summed E-state index contributed by atoms with van der Waals surface area (Å²) in [6.07, 6.45) is 1.88. The smallest absolute Gasteiger partial charge is 0.266 e. The van der Waals surface area contributed by atoms with Gasteiger partial charge in [-0.25, -0.2) is 0 Å². The number of amides is 1. The molecular weight excluding hydrogens is 330 g/mol. The summed E-state index contributed by atoms with van der Waals surface area (Å²) < 4.78 is 1.63. The maximum absolute atomic E-state index is 12.2. The lowest BCUT2D eigenvalue weighted by atomic mass is 10.2. The maximum Gasteiger partial charge on any atom is 0.266 e. The molecule has 5 heteroatoms. The Labute approximate surface area is 125 Å². The van der Waals surface area contributed by atoms with Gasteiger partial charge in [-0.05, 0) is 37.6 Å². The van der Waals surface area contributed by atoms with Crippen LogP contribution in [0.25, 0.3) is 6.08 Å². The van der Waals surface area contributed by atoms with E-state index in [2.05, 4.69) is 15.9 Å². The van der Waals surface area contributed by atoms with Gasteiger partial charge in [0.05, 0.1) is 4.91 Å². The number of thiocarbonyl (C=S) groups is 1. The lowest BCUT2D eigenvalue weighted by Crippen LogP contribution is -2.34. The highest BCUT2D eigenvalue weighted by molar-refractivity contribution is 9.10. The number of thioether (sulfide) groups is 1. The maximum atomic E-state index is 12.2. The molecule has 1 heterocycles. The van der Waals surface area contributed by atoms with Crippen molar-refractivity contribution in [3.05, 3.63) is 39.2 Å². The minimum Gasteiger partial charge on any atom is -0.290 e. The van der Waals surface area contributed by atoms with Crippen molar-refractivity contribution >= 4 is 56.2 Å². The second-order valence-corrected chi connectivity index (χ2v) is 6.79. The lowest BCUT2D eigenvalue weighted by Gasteiger charge is -2.18. The zero-order chi connectivity index (χ0) is 13.3. The summed E-state index contributed by atoms with van der Waals surface area (Å²) in [5.41, 5.74) is 0.994. The number of hydrogen-bond acceptors (Lipinski definition) is 3. The van der Waals surface area contributed by atoms with Crippen LogP contribution in [0.15, 0.2) is 33.6 Å². The molecule has 1 aromatic carbocycles. The molecule has 0 unspecified atom stereocenters. The lowest BCUT2D eigenvalue weighted by molar-refractivity contribution is -0.123. The predicted molar refractivity (Wildman–Crippen MR) is 84.3 cm³/mol. The Balaban J connectivity index is 2.31. The molecule has 1 aromatic rings. The number of halogens is 1. The van der Waals surface area contributed by atoms with E-state index in [9.17, 15) is 4.79 Å². The van der Waals surface area contributed by atoms with Gasteiger partial charge in [0.25, 0.3) is 5.91 Å². The van der Waals surface area contributed by atoms with Crippen molar-refractivity contribution < 1.29 is 4.79 Å². The average molecular weight is 342 g/mol. The molecule has 0 radical (unpaired) electrons. The third-order valence-electron chi connectivity index (χ3n) is 2.49. The average Bonchev–Trinajstić information content (AvgIpc) is 2.54. The number of carbonyl (C=O) groups excluding carboxylic acids is 1. The number of hydrogen-bond donors (Lipinski definition) is 0. The number of carbonyl (C=O) groups is 1. The molecule has 0 aliphatic carbocycles. The molecule has 1 fully saturated rings. The Morgan fingerprint density at radius 3 is 2.72 bits per heavy atom. The van der Waals surface area contributed by atoms with Crippen LogP contribution in [0, 0.1) is 0 Å². The first-order valence-electron chi connectivity index (χ1n) is 5.51. The Morgan fingerprint density at radius 1 is 1.44 bits per heavy atom. The van der Waals surface area contributed by atoms with Gasteiger partial charge >= 0.3 is 0 Å². The Morgan fingerprint density at radius 2 is 2.17 bits per heavy atom. The molecule has 0 N–H and O–H groups in total.